The molecule has 0 fully saturated rings. The summed E-state index contributed by atoms with van der Waals surface area (Å²) in [6.07, 6.45) is -4.73. The van der Waals surface area contributed by atoms with Crippen molar-refractivity contribution < 1.29 is 22.3 Å². The van der Waals surface area contributed by atoms with Crippen LogP contribution in [0.2, 0.25) is 0 Å². The van der Waals surface area contributed by atoms with Crippen molar-refractivity contribution in [3.8, 4) is 16.3 Å². The lowest BCUT2D eigenvalue weighted by Gasteiger charge is -2.13. The first kappa shape index (κ1) is 18.3. The van der Waals surface area contributed by atoms with E-state index < -0.39 is 6.36 Å². The fourth-order valence-electron chi connectivity index (χ4n) is 2.31. The van der Waals surface area contributed by atoms with Crippen molar-refractivity contribution >= 4 is 11.3 Å². The normalized spacial score (nSPS) is 11.5. The van der Waals surface area contributed by atoms with Crippen LogP contribution in [0.25, 0.3) is 10.6 Å². The molecule has 1 heterocycles. The van der Waals surface area contributed by atoms with E-state index in [9.17, 15) is 17.6 Å². The number of nitrogens with one attached hydrogen (secondary N) is 1. The molecule has 3 aromatic rings. The van der Waals surface area contributed by atoms with Gasteiger partial charge in [-0.1, -0.05) is 18.2 Å². The Kier molecular flexibility index (Phi) is 5.53. The van der Waals surface area contributed by atoms with E-state index in [1.165, 1.54) is 35.6 Å². The molecule has 26 heavy (non-hydrogen) atoms. The van der Waals surface area contributed by atoms with E-state index in [-0.39, 0.29) is 18.1 Å². The van der Waals surface area contributed by atoms with Gasteiger partial charge in [0.25, 0.3) is 0 Å². The molecular formula is C18H14F4N2OS. The highest BCUT2D eigenvalue weighted by Gasteiger charge is 2.31. The summed E-state index contributed by atoms with van der Waals surface area (Å²) in [4.78, 5) is 4.45. The summed E-state index contributed by atoms with van der Waals surface area (Å²) in [5, 5.41) is 5.66. The molecule has 0 atom stereocenters. The summed E-state index contributed by atoms with van der Waals surface area (Å²) in [6.45, 7) is 0.591. The van der Waals surface area contributed by atoms with Crippen LogP contribution in [0.1, 0.15) is 11.3 Å². The summed E-state index contributed by atoms with van der Waals surface area (Å²) >= 11 is 1.42. The predicted molar refractivity (Wildman–Crippen MR) is 91.2 cm³/mol. The lowest BCUT2D eigenvalue weighted by atomic mass is 10.2. The molecule has 1 aromatic heterocycles. The number of nitrogens with zero attached hydrogens (tertiary/aromatic N) is 1. The van der Waals surface area contributed by atoms with Crippen LogP contribution in [0, 0.1) is 5.82 Å². The summed E-state index contributed by atoms with van der Waals surface area (Å²) in [7, 11) is 0. The molecule has 1 N–H and O–H groups in total. The van der Waals surface area contributed by atoms with E-state index in [0.717, 1.165) is 16.3 Å². The molecule has 8 heteroatoms. The maximum absolute atomic E-state index is 13.0. The van der Waals surface area contributed by atoms with Crippen molar-refractivity contribution in [2.24, 2.45) is 0 Å². The zero-order valence-corrected chi connectivity index (χ0v) is 14.2. The van der Waals surface area contributed by atoms with Gasteiger partial charge in [0.1, 0.15) is 16.6 Å². The molecule has 0 radical (unpaired) electrons. The number of benzene rings is 2. The van der Waals surface area contributed by atoms with Crippen LogP contribution in [-0.2, 0) is 13.1 Å². The molecule has 0 saturated carbocycles. The van der Waals surface area contributed by atoms with Crippen molar-refractivity contribution in [3.63, 3.8) is 0 Å². The van der Waals surface area contributed by atoms with E-state index in [1.807, 2.05) is 5.38 Å². The standard InChI is InChI=1S/C18H14F4N2OS/c19-14-7-5-12(6-8-14)17-24-15(11-26-17)10-23-9-13-3-1-2-4-16(13)25-18(20,21)22/h1-8,11,23H,9-10H2. The Hall–Kier alpha value is -2.45. The third-order valence-electron chi connectivity index (χ3n) is 3.46. The van der Waals surface area contributed by atoms with Gasteiger partial charge in [0.15, 0.2) is 0 Å². The second-order valence-electron chi connectivity index (χ2n) is 5.41. The van der Waals surface area contributed by atoms with Gasteiger partial charge in [0, 0.05) is 29.6 Å². The molecular weight excluding hydrogens is 368 g/mol. The summed E-state index contributed by atoms with van der Waals surface area (Å²) < 4.78 is 54.3. The topological polar surface area (TPSA) is 34.2 Å². The number of thiazole rings is 1. The smallest absolute Gasteiger partial charge is 0.405 e. The van der Waals surface area contributed by atoms with Gasteiger partial charge in [-0.05, 0) is 30.3 Å². The van der Waals surface area contributed by atoms with Crippen molar-refractivity contribution in [2.45, 2.75) is 19.5 Å². The fraction of sp³-hybridized carbons (Fsp3) is 0.167. The SMILES string of the molecule is Fc1ccc(-c2nc(CNCc3ccccc3OC(F)(F)F)cs2)cc1. The van der Waals surface area contributed by atoms with Crippen LogP contribution in [0.3, 0.4) is 0 Å². The largest absolute Gasteiger partial charge is 0.573 e. The van der Waals surface area contributed by atoms with Crippen LogP contribution < -0.4 is 10.1 Å². The van der Waals surface area contributed by atoms with Gasteiger partial charge in [-0.3, -0.25) is 0 Å². The Bertz CT molecular complexity index is 862. The second-order valence-corrected chi connectivity index (χ2v) is 6.27. The average molecular weight is 382 g/mol. The number of ether oxygens (including phenoxy) is 1. The first-order valence-corrected chi connectivity index (χ1v) is 8.53. The highest BCUT2D eigenvalue weighted by atomic mass is 32.1. The first-order chi connectivity index (χ1) is 12.4. The van der Waals surface area contributed by atoms with E-state index in [2.05, 4.69) is 15.0 Å². The number of para-hydroxylation sites is 1. The number of rotatable bonds is 6. The zero-order valence-electron chi connectivity index (χ0n) is 13.4. The molecule has 3 nitrogen and oxygen atoms in total. The van der Waals surface area contributed by atoms with E-state index in [0.29, 0.717) is 12.1 Å². The Morgan fingerprint density at radius 3 is 2.46 bits per heavy atom. The highest BCUT2D eigenvalue weighted by Crippen LogP contribution is 2.26. The third kappa shape index (κ3) is 5.03. The minimum absolute atomic E-state index is 0.204. The van der Waals surface area contributed by atoms with E-state index in [4.69, 9.17) is 0 Å². The molecule has 0 saturated heterocycles. The van der Waals surface area contributed by atoms with Crippen molar-refractivity contribution in [1.82, 2.24) is 10.3 Å². The molecule has 0 aliphatic rings. The molecule has 136 valence electrons. The van der Waals surface area contributed by atoms with Gasteiger partial charge >= 0.3 is 6.36 Å². The fourth-order valence-corrected chi connectivity index (χ4v) is 3.14. The number of alkyl halides is 3. The molecule has 0 unspecified atom stereocenters. The highest BCUT2D eigenvalue weighted by molar-refractivity contribution is 7.13. The monoisotopic (exact) mass is 382 g/mol. The van der Waals surface area contributed by atoms with Gasteiger partial charge in [0.05, 0.1) is 5.69 Å². The Balaban J connectivity index is 1.60. The maximum atomic E-state index is 13.0. The Morgan fingerprint density at radius 2 is 1.73 bits per heavy atom. The maximum Gasteiger partial charge on any atom is 0.573 e. The Labute approximate surface area is 151 Å². The summed E-state index contributed by atoms with van der Waals surface area (Å²) in [6, 6.07) is 12.0. The van der Waals surface area contributed by atoms with Crippen molar-refractivity contribution in [1.29, 1.82) is 0 Å². The van der Waals surface area contributed by atoms with Crippen molar-refractivity contribution in [3.05, 3.63) is 71.0 Å². The van der Waals surface area contributed by atoms with Crippen LogP contribution in [-0.4, -0.2) is 11.3 Å². The summed E-state index contributed by atoms with van der Waals surface area (Å²) in [5.41, 5.74) is 1.97. The van der Waals surface area contributed by atoms with Crippen LogP contribution in [0.5, 0.6) is 5.75 Å². The number of halogens is 4. The van der Waals surface area contributed by atoms with Gasteiger partial charge in [0.2, 0.25) is 0 Å². The molecule has 2 aromatic carbocycles. The summed E-state index contributed by atoms with van der Waals surface area (Å²) in [5.74, 6) is -0.537. The quantitative estimate of drug-likeness (QED) is 0.600. The minimum atomic E-state index is -4.73. The molecule has 0 bridgehead atoms. The Morgan fingerprint density at radius 1 is 1.00 bits per heavy atom. The minimum Gasteiger partial charge on any atom is -0.405 e. The lowest BCUT2D eigenvalue weighted by Crippen LogP contribution is -2.20. The molecule has 0 amide bonds. The van der Waals surface area contributed by atoms with Crippen LogP contribution >= 0.6 is 11.3 Å². The zero-order chi connectivity index (χ0) is 18.6. The predicted octanol–water partition coefficient (Wildman–Crippen LogP) is 5.14. The van der Waals surface area contributed by atoms with Crippen molar-refractivity contribution in [2.75, 3.05) is 0 Å². The molecule has 0 aliphatic heterocycles. The lowest BCUT2D eigenvalue weighted by molar-refractivity contribution is -0.274. The number of aromatic nitrogens is 1. The van der Waals surface area contributed by atoms with Gasteiger partial charge in [-0.2, -0.15) is 0 Å². The molecule has 3 rings (SSSR count). The van der Waals surface area contributed by atoms with E-state index in [1.54, 1.807) is 24.3 Å². The number of hydrogen-bond acceptors (Lipinski definition) is 4. The average Bonchev–Trinajstić information content (AvgIpc) is 3.05. The molecule has 0 spiro atoms. The first-order valence-electron chi connectivity index (χ1n) is 7.65. The van der Waals surface area contributed by atoms with Crippen LogP contribution in [0.15, 0.2) is 53.9 Å². The van der Waals surface area contributed by atoms with E-state index >= 15 is 0 Å². The van der Waals surface area contributed by atoms with Gasteiger partial charge in [-0.25, -0.2) is 9.37 Å². The number of hydrogen-bond donors (Lipinski definition) is 1. The third-order valence-corrected chi connectivity index (χ3v) is 4.40. The van der Waals surface area contributed by atoms with Gasteiger partial charge < -0.3 is 10.1 Å². The van der Waals surface area contributed by atoms with Crippen LogP contribution in [0.4, 0.5) is 17.6 Å². The molecule has 0 aliphatic carbocycles. The second kappa shape index (κ2) is 7.84. The van der Waals surface area contributed by atoms with Gasteiger partial charge in [-0.15, -0.1) is 24.5 Å².